The predicted octanol–water partition coefficient (Wildman–Crippen LogP) is 3.35. The summed E-state index contributed by atoms with van der Waals surface area (Å²) in [7, 11) is 0. The quantitative estimate of drug-likeness (QED) is 0.777. The molecule has 0 fully saturated rings. The van der Waals surface area contributed by atoms with Crippen LogP contribution in [-0.2, 0) is 4.79 Å². The van der Waals surface area contributed by atoms with Crippen LogP contribution in [0.1, 0.15) is 0 Å². The van der Waals surface area contributed by atoms with Crippen LogP contribution in [0.4, 0.5) is 20.6 Å². The molecular formula is C15H13BrFN3O2. The molecule has 0 bridgehead atoms. The van der Waals surface area contributed by atoms with Gasteiger partial charge in [0, 0.05) is 10.2 Å². The number of carbonyl (C=O) groups is 2. The third kappa shape index (κ3) is 4.85. The number of carbonyl (C=O) groups excluding carboxylic acids is 2. The highest BCUT2D eigenvalue weighted by Crippen LogP contribution is 2.20. The Hall–Kier alpha value is -2.41. The van der Waals surface area contributed by atoms with Crippen molar-refractivity contribution in [3.8, 4) is 0 Å². The first-order chi connectivity index (χ1) is 10.5. The first-order valence-corrected chi connectivity index (χ1v) is 7.19. The number of urea groups is 1. The van der Waals surface area contributed by atoms with Crippen molar-refractivity contribution in [1.29, 1.82) is 0 Å². The second-order valence-electron chi connectivity index (χ2n) is 4.34. The topological polar surface area (TPSA) is 70.2 Å². The molecule has 0 atom stereocenters. The first kappa shape index (κ1) is 16.0. The van der Waals surface area contributed by atoms with Gasteiger partial charge in [0.05, 0.1) is 12.2 Å². The molecule has 0 spiro atoms. The molecule has 0 aliphatic rings. The second kappa shape index (κ2) is 7.56. The number of para-hydroxylation sites is 1. The Balaban J connectivity index is 1.79. The zero-order chi connectivity index (χ0) is 15.9. The lowest BCUT2D eigenvalue weighted by Crippen LogP contribution is -2.35. The summed E-state index contributed by atoms with van der Waals surface area (Å²) in [5, 5.41) is 7.59. The van der Waals surface area contributed by atoms with Crippen molar-refractivity contribution in [2.75, 3.05) is 17.2 Å². The number of hydrogen-bond acceptors (Lipinski definition) is 2. The lowest BCUT2D eigenvalue weighted by Gasteiger charge is -2.09. The molecule has 0 heterocycles. The summed E-state index contributed by atoms with van der Waals surface area (Å²) < 4.78 is 13.5. The molecule has 0 aromatic heterocycles. The molecule has 3 amide bonds. The molecule has 5 nitrogen and oxygen atoms in total. The van der Waals surface area contributed by atoms with Crippen molar-refractivity contribution in [2.24, 2.45) is 0 Å². The predicted molar refractivity (Wildman–Crippen MR) is 86.2 cm³/mol. The SMILES string of the molecule is O=C(CNC(=O)Nc1ccccc1Br)Nc1ccc(F)cc1. The van der Waals surface area contributed by atoms with Gasteiger partial charge in [-0.1, -0.05) is 12.1 Å². The maximum absolute atomic E-state index is 12.7. The molecule has 114 valence electrons. The van der Waals surface area contributed by atoms with Crippen molar-refractivity contribution in [3.05, 3.63) is 58.8 Å². The molecule has 2 aromatic carbocycles. The Morgan fingerprint density at radius 1 is 1.00 bits per heavy atom. The maximum atomic E-state index is 12.7. The van der Waals surface area contributed by atoms with Gasteiger partial charge in [-0.25, -0.2) is 9.18 Å². The molecule has 2 rings (SSSR count). The van der Waals surface area contributed by atoms with Crippen LogP contribution >= 0.6 is 15.9 Å². The smallest absolute Gasteiger partial charge is 0.319 e. The zero-order valence-electron chi connectivity index (χ0n) is 11.4. The van der Waals surface area contributed by atoms with E-state index in [1.807, 2.05) is 6.07 Å². The third-order valence-electron chi connectivity index (χ3n) is 2.66. The lowest BCUT2D eigenvalue weighted by atomic mass is 10.3. The summed E-state index contributed by atoms with van der Waals surface area (Å²) in [6.45, 7) is -0.201. The Bertz CT molecular complexity index is 677. The fourth-order valence-electron chi connectivity index (χ4n) is 1.63. The van der Waals surface area contributed by atoms with E-state index in [1.165, 1.54) is 24.3 Å². The Labute approximate surface area is 135 Å². The van der Waals surface area contributed by atoms with Gasteiger partial charge in [0.25, 0.3) is 0 Å². The third-order valence-corrected chi connectivity index (χ3v) is 3.35. The molecule has 0 radical (unpaired) electrons. The Kier molecular flexibility index (Phi) is 5.48. The lowest BCUT2D eigenvalue weighted by molar-refractivity contribution is -0.115. The van der Waals surface area contributed by atoms with Gasteiger partial charge in [0.15, 0.2) is 0 Å². The van der Waals surface area contributed by atoms with Crippen molar-refractivity contribution in [1.82, 2.24) is 5.32 Å². The molecule has 22 heavy (non-hydrogen) atoms. The molecular weight excluding hydrogens is 353 g/mol. The minimum absolute atomic E-state index is 0.201. The molecule has 0 aliphatic carbocycles. The van der Waals surface area contributed by atoms with Gasteiger partial charge in [-0.05, 0) is 52.3 Å². The number of rotatable bonds is 4. The van der Waals surface area contributed by atoms with Crippen LogP contribution in [0.3, 0.4) is 0 Å². The summed E-state index contributed by atoms with van der Waals surface area (Å²) in [4.78, 5) is 23.4. The molecule has 7 heteroatoms. The van der Waals surface area contributed by atoms with E-state index in [1.54, 1.807) is 18.2 Å². The van der Waals surface area contributed by atoms with Crippen molar-refractivity contribution >= 4 is 39.2 Å². The van der Waals surface area contributed by atoms with Crippen molar-refractivity contribution < 1.29 is 14.0 Å². The number of hydrogen-bond donors (Lipinski definition) is 3. The standard InChI is InChI=1S/C15H13BrFN3O2/c16-12-3-1-2-4-13(12)20-15(22)18-9-14(21)19-11-7-5-10(17)6-8-11/h1-8H,9H2,(H,19,21)(H2,18,20,22). The van der Waals surface area contributed by atoms with E-state index in [4.69, 9.17) is 0 Å². The van der Waals surface area contributed by atoms with E-state index in [-0.39, 0.29) is 12.4 Å². The first-order valence-electron chi connectivity index (χ1n) is 6.39. The number of amides is 3. The van der Waals surface area contributed by atoms with Crippen LogP contribution in [0.25, 0.3) is 0 Å². The normalized spacial score (nSPS) is 9.91. The van der Waals surface area contributed by atoms with E-state index in [2.05, 4.69) is 31.9 Å². The largest absolute Gasteiger partial charge is 0.329 e. The van der Waals surface area contributed by atoms with Crippen LogP contribution in [-0.4, -0.2) is 18.5 Å². The summed E-state index contributed by atoms with van der Waals surface area (Å²) in [5.41, 5.74) is 1.05. The minimum Gasteiger partial charge on any atom is -0.329 e. The fraction of sp³-hybridized carbons (Fsp3) is 0.0667. The number of nitrogens with one attached hydrogen (secondary N) is 3. The highest BCUT2D eigenvalue weighted by Gasteiger charge is 2.07. The average Bonchev–Trinajstić information content (AvgIpc) is 2.50. The van der Waals surface area contributed by atoms with E-state index < -0.39 is 11.9 Å². The van der Waals surface area contributed by atoms with Gasteiger partial charge in [-0.3, -0.25) is 4.79 Å². The van der Waals surface area contributed by atoms with Gasteiger partial charge in [0.2, 0.25) is 5.91 Å². The van der Waals surface area contributed by atoms with Gasteiger partial charge in [0.1, 0.15) is 5.82 Å². The van der Waals surface area contributed by atoms with Crippen molar-refractivity contribution in [3.63, 3.8) is 0 Å². The molecule has 0 saturated carbocycles. The molecule has 0 unspecified atom stereocenters. The van der Waals surface area contributed by atoms with Gasteiger partial charge < -0.3 is 16.0 Å². The van der Waals surface area contributed by atoms with Gasteiger partial charge >= 0.3 is 6.03 Å². The van der Waals surface area contributed by atoms with Gasteiger partial charge in [-0.2, -0.15) is 0 Å². The van der Waals surface area contributed by atoms with Crippen LogP contribution in [0.2, 0.25) is 0 Å². The molecule has 0 saturated heterocycles. The van der Waals surface area contributed by atoms with Crippen LogP contribution < -0.4 is 16.0 Å². The van der Waals surface area contributed by atoms with E-state index >= 15 is 0 Å². The van der Waals surface area contributed by atoms with E-state index in [0.717, 1.165) is 4.47 Å². The molecule has 2 aromatic rings. The van der Waals surface area contributed by atoms with Crippen molar-refractivity contribution in [2.45, 2.75) is 0 Å². The maximum Gasteiger partial charge on any atom is 0.319 e. The summed E-state index contributed by atoms with van der Waals surface area (Å²) >= 11 is 3.30. The highest BCUT2D eigenvalue weighted by atomic mass is 79.9. The fourth-order valence-corrected chi connectivity index (χ4v) is 2.01. The Morgan fingerprint density at radius 2 is 1.68 bits per heavy atom. The number of anilines is 2. The monoisotopic (exact) mass is 365 g/mol. The Morgan fingerprint density at radius 3 is 2.36 bits per heavy atom. The summed E-state index contributed by atoms with van der Waals surface area (Å²) in [6, 6.07) is 12.0. The van der Waals surface area contributed by atoms with Crippen LogP contribution in [0.15, 0.2) is 53.0 Å². The van der Waals surface area contributed by atoms with E-state index in [0.29, 0.717) is 11.4 Å². The van der Waals surface area contributed by atoms with Gasteiger partial charge in [-0.15, -0.1) is 0 Å². The average molecular weight is 366 g/mol. The number of benzene rings is 2. The van der Waals surface area contributed by atoms with Crippen LogP contribution in [0, 0.1) is 5.82 Å². The second-order valence-corrected chi connectivity index (χ2v) is 5.20. The zero-order valence-corrected chi connectivity index (χ0v) is 13.0. The minimum atomic E-state index is -0.499. The summed E-state index contributed by atoms with van der Waals surface area (Å²) in [6.07, 6.45) is 0. The highest BCUT2D eigenvalue weighted by molar-refractivity contribution is 9.10. The molecule has 3 N–H and O–H groups in total. The van der Waals surface area contributed by atoms with Crippen LogP contribution in [0.5, 0.6) is 0 Å². The number of halogens is 2. The van der Waals surface area contributed by atoms with E-state index in [9.17, 15) is 14.0 Å². The summed E-state index contributed by atoms with van der Waals surface area (Å²) in [5.74, 6) is -0.794. The molecule has 0 aliphatic heterocycles.